The molecule has 29 heavy (non-hydrogen) atoms. The standard InChI is InChI=1S/C28H42S/c1-19(2)22(6)27-14-13-26(18-28(27)20(3)4)29(7,8)21(5)15-23-16-24-11-9-10-12-25(24)17-23/h9-14,18-23H,15-17H2,1-8H3. The molecule has 0 saturated heterocycles. The Hall–Kier alpha value is -1.21. The molecule has 1 heteroatoms. The molecular weight excluding hydrogens is 368 g/mol. The van der Waals surface area contributed by atoms with Crippen LogP contribution < -0.4 is 0 Å². The van der Waals surface area contributed by atoms with Crippen molar-refractivity contribution in [3.63, 3.8) is 0 Å². The molecule has 0 amide bonds. The van der Waals surface area contributed by atoms with Gasteiger partial charge in [-0.2, -0.15) is 0 Å². The van der Waals surface area contributed by atoms with Crippen LogP contribution >= 0.6 is 10.0 Å². The Morgan fingerprint density at radius 3 is 1.93 bits per heavy atom. The predicted molar refractivity (Wildman–Crippen MR) is 133 cm³/mol. The zero-order chi connectivity index (χ0) is 21.3. The molecule has 0 aromatic heterocycles. The third-order valence-electron chi connectivity index (χ3n) is 7.59. The van der Waals surface area contributed by atoms with Crippen molar-refractivity contribution in [1.29, 1.82) is 0 Å². The van der Waals surface area contributed by atoms with E-state index in [1.54, 1.807) is 27.1 Å². The summed E-state index contributed by atoms with van der Waals surface area (Å²) in [6, 6.07) is 16.6. The van der Waals surface area contributed by atoms with Gasteiger partial charge in [0, 0.05) is 0 Å². The Bertz CT molecular complexity index is 805. The maximum Gasteiger partial charge on any atom is -0.00985 e. The Labute approximate surface area is 181 Å². The van der Waals surface area contributed by atoms with Crippen LogP contribution in [-0.4, -0.2) is 17.8 Å². The van der Waals surface area contributed by atoms with E-state index in [2.05, 4.69) is 96.5 Å². The molecule has 0 nitrogen and oxygen atoms in total. The van der Waals surface area contributed by atoms with Crippen LogP contribution in [0.15, 0.2) is 47.4 Å². The summed E-state index contributed by atoms with van der Waals surface area (Å²) >= 11 is 0. The van der Waals surface area contributed by atoms with Gasteiger partial charge in [0.2, 0.25) is 0 Å². The van der Waals surface area contributed by atoms with Gasteiger partial charge in [-0.25, -0.2) is 10.0 Å². The first-order valence-electron chi connectivity index (χ1n) is 11.5. The molecule has 0 heterocycles. The maximum atomic E-state index is 2.58. The number of hydrogen-bond acceptors (Lipinski definition) is 0. The summed E-state index contributed by atoms with van der Waals surface area (Å²) in [5.41, 5.74) is 6.32. The van der Waals surface area contributed by atoms with Gasteiger partial charge in [-0.15, -0.1) is 0 Å². The van der Waals surface area contributed by atoms with E-state index in [1.807, 2.05) is 0 Å². The normalized spacial score (nSPS) is 17.6. The average Bonchev–Trinajstić information content (AvgIpc) is 3.08. The second-order valence-corrected chi connectivity index (χ2v) is 14.6. The lowest BCUT2D eigenvalue weighted by Crippen LogP contribution is -2.19. The molecule has 0 saturated carbocycles. The fraction of sp³-hybridized carbons (Fsp3) is 0.571. The van der Waals surface area contributed by atoms with Gasteiger partial charge < -0.3 is 0 Å². The summed E-state index contributed by atoms with van der Waals surface area (Å²) in [7, 11) is -0.833. The number of rotatable bonds is 7. The summed E-state index contributed by atoms with van der Waals surface area (Å²) in [6.07, 6.45) is 8.99. The molecule has 0 fully saturated rings. The molecule has 0 aliphatic heterocycles. The minimum atomic E-state index is -0.833. The van der Waals surface area contributed by atoms with Gasteiger partial charge >= 0.3 is 0 Å². The number of hydrogen-bond donors (Lipinski definition) is 0. The first-order chi connectivity index (χ1) is 13.6. The van der Waals surface area contributed by atoms with Gasteiger partial charge in [0.05, 0.1) is 0 Å². The van der Waals surface area contributed by atoms with E-state index in [0.717, 1.165) is 11.2 Å². The van der Waals surface area contributed by atoms with E-state index < -0.39 is 10.0 Å². The van der Waals surface area contributed by atoms with Crippen molar-refractivity contribution < 1.29 is 0 Å². The molecule has 0 spiro atoms. The summed E-state index contributed by atoms with van der Waals surface area (Å²) in [4.78, 5) is 1.60. The molecule has 3 rings (SSSR count). The third-order valence-corrected chi connectivity index (χ3v) is 11.3. The van der Waals surface area contributed by atoms with Crippen molar-refractivity contribution in [3.8, 4) is 0 Å². The molecule has 2 atom stereocenters. The van der Waals surface area contributed by atoms with Crippen LogP contribution in [-0.2, 0) is 12.8 Å². The summed E-state index contributed by atoms with van der Waals surface area (Å²) in [5, 5.41) is 0.746. The second-order valence-electron chi connectivity index (χ2n) is 10.5. The summed E-state index contributed by atoms with van der Waals surface area (Å²) in [5.74, 6) is 2.70. The van der Waals surface area contributed by atoms with E-state index in [4.69, 9.17) is 0 Å². The largest absolute Gasteiger partial charge is 0.218 e. The lowest BCUT2D eigenvalue weighted by atomic mass is 9.84. The van der Waals surface area contributed by atoms with Crippen molar-refractivity contribution in [2.45, 2.75) is 82.8 Å². The molecule has 2 aromatic rings. The highest BCUT2D eigenvalue weighted by Gasteiger charge is 2.29. The molecule has 160 valence electrons. The van der Waals surface area contributed by atoms with E-state index in [9.17, 15) is 0 Å². The smallest absolute Gasteiger partial charge is 0.00985 e. The minimum Gasteiger partial charge on any atom is -0.218 e. The molecule has 0 bridgehead atoms. The van der Waals surface area contributed by atoms with E-state index in [-0.39, 0.29) is 0 Å². The van der Waals surface area contributed by atoms with Gasteiger partial charge in [-0.05, 0) is 100.0 Å². The van der Waals surface area contributed by atoms with Gasteiger partial charge in [-0.3, -0.25) is 0 Å². The Morgan fingerprint density at radius 1 is 0.828 bits per heavy atom. The van der Waals surface area contributed by atoms with Crippen molar-refractivity contribution in [1.82, 2.24) is 0 Å². The fourth-order valence-electron chi connectivity index (χ4n) is 4.91. The van der Waals surface area contributed by atoms with Crippen LogP contribution in [0.1, 0.15) is 82.1 Å². The molecule has 1 aliphatic carbocycles. The number of benzene rings is 2. The zero-order valence-corrected chi connectivity index (χ0v) is 20.8. The molecule has 1 aliphatic rings. The lowest BCUT2D eigenvalue weighted by molar-refractivity contribution is 0.511. The SMILES string of the molecule is CC(C)c1cc(S(C)(C)C(C)CC2Cc3ccccc3C2)ccc1C(C)C(C)C. The highest BCUT2D eigenvalue weighted by Crippen LogP contribution is 2.56. The highest BCUT2D eigenvalue weighted by atomic mass is 32.3. The molecular formula is C28H42S. The van der Waals surface area contributed by atoms with Gasteiger partial charge in [-0.1, -0.05) is 71.9 Å². The maximum absolute atomic E-state index is 2.58. The van der Waals surface area contributed by atoms with Crippen LogP contribution in [0, 0.1) is 11.8 Å². The van der Waals surface area contributed by atoms with E-state index in [0.29, 0.717) is 17.8 Å². The Balaban J connectivity index is 1.80. The van der Waals surface area contributed by atoms with Crippen molar-refractivity contribution >= 4 is 10.0 Å². The van der Waals surface area contributed by atoms with Crippen LogP contribution in [0.2, 0.25) is 0 Å². The van der Waals surface area contributed by atoms with Crippen LogP contribution in [0.25, 0.3) is 0 Å². The summed E-state index contributed by atoms with van der Waals surface area (Å²) in [6.45, 7) is 14.3. The lowest BCUT2D eigenvalue weighted by Gasteiger charge is -2.40. The molecule has 2 unspecified atom stereocenters. The van der Waals surface area contributed by atoms with Gasteiger partial charge in [0.1, 0.15) is 0 Å². The van der Waals surface area contributed by atoms with Gasteiger partial charge in [0.25, 0.3) is 0 Å². The van der Waals surface area contributed by atoms with E-state index in [1.165, 1.54) is 19.3 Å². The second kappa shape index (κ2) is 8.88. The fourth-order valence-corrected chi connectivity index (χ4v) is 6.98. The van der Waals surface area contributed by atoms with Crippen molar-refractivity contribution in [3.05, 3.63) is 64.7 Å². The predicted octanol–water partition coefficient (Wildman–Crippen LogP) is 8.19. The summed E-state index contributed by atoms with van der Waals surface area (Å²) < 4.78 is 0. The Kier molecular flexibility index (Phi) is 6.88. The topological polar surface area (TPSA) is 0 Å². The third kappa shape index (κ3) is 4.76. The quantitative estimate of drug-likeness (QED) is 0.431. The first-order valence-corrected chi connectivity index (χ1v) is 14.0. The minimum absolute atomic E-state index is 0.584. The van der Waals surface area contributed by atoms with Gasteiger partial charge in [0.15, 0.2) is 0 Å². The zero-order valence-electron chi connectivity index (χ0n) is 20.0. The molecule has 2 aromatic carbocycles. The molecule has 0 radical (unpaired) electrons. The van der Waals surface area contributed by atoms with E-state index >= 15 is 0 Å². The molecule has 0 N–H and O–H groups in total. The monoisotopic (exact) mass is 410 g/mol. The van der Waals surface area contributed by atoms with Crippen LogP contribution in [0.4, 0.5) is 0 Å². The average molecular weight is 411 g/mol. The van der Waals surface area contributed by atoms with Crippen molar-refractivity contribution in [2.75, 3.05) is 12.5 Å². The highest BCUT2D eigenvalue weighted by molar-refractivity contribution is 8.33. The number of fused-ring (bicyclic) bond motifs is 1. The van der Waals surface area contributed by atoms with Crippen molar-refractivity contribution in [2.24, 2.45) is 11.8 Å². The Morgan fingerprint density at radius 2 is 1.41 bits per heavy atom. The van der Waals surface area contributed by atoms with Crippen LogP contribution in [0.3, 0.4) is 0 Å². The first kappa shape index (κ1) is 22.5. The van der Waals surface area contributed by atoms with Crippen LogP contribution in [0.5, 0.6) is 0 Å².